The van der Waals surface area contributed by atoms with Gasteiger partial charge in [0.25, 0.3) is 0 Å². The zero-order valence-electron chi connectivity index (χ0n) is 18.6. The van der Waals surface area contributed by atoms with Crippen LogP contribution in [-0.4, -0.2) is 48.9 Å². The second kappa shape index (κ2) is 9.10. The van der Waals surface area contributed by atoms with Crippen molar-refractivity contribution in [1.82, 2.24) is 14.9 Å². The lowest BCUT2D eigenvalue weighted by Gasteiger charge is -2.26. The van der Waals surface area contributed by atoms with E-state index in [-0.39, 0.29) is 0 Å². The second-order valence-electron chi connectivity index (χ2n) is 8.24. The van der Waals surface area contributed by atoms with E-state index in [1.807, 2.05) is 6.07 Å². The van der Waals surface area contributed by atoms with Crippen LogP contribution in [0.1, 0.15) is 11.1 Å². The largest absolute Gasteiger partial charge is 0.495 e. The van der Waals surface area contributed by atoms with E-state index >= 15 is 0 Å². The zero-order valence-corrected chi connectivity index (χ0v) is 20.2. The summed E-state index contributed by atoms with van der Waals surface area (Å²) < 4.78 is 18.3. The van der Waals surface area contributed by atoms with Gasteiger partial charge in [-0.25, -0.2) is 4.98 Å². The van der Waals surface area contributed by atoms with E-state index in [9.17, 15) is 4.57 Å². The topological polar surface area (TPSA) is 79.4 Å². The van der Waals surface area contributed by atoms with Crippen molar-refractivity contribution in [3.05, 3.63) is 58.7 Å². The second-order valence-corrected chi connectivity index (χ2v) is 11.8. The minimum atomic E-state index is -2.52. The summed E-state index contributed by atoms with van der Waals surface area (Å²) in [5, 5.41) is 7.51. The first-order chi connectivity index (χ1) is 15.2. The number of likely N-dealkylation sites (N-methyl/N-ethyl adjacent to an activating group) is 1. The van der Waals surface area contributed by atoms with E-state index in [0.29, 0.717) is 27.8 Å². The Balaban J connectivity index is 1.65. The Kier molecular flexibility index (Phi) is 6.42. The monoisotopic (exact) mass is 470 g/mol. The number of benzene rings is 2. The molecule has 0 fully saturated rings. The highest BCUT2D eigenvalue weighted by Gasteiger charge is 2.19. The molecule has 0 atom stereocenters. The molecule has 0 saturated heterocycles. The molecule has 2 aromatic carbocycles. The number of nitrogens with zero attached hydrogens (tertiary/aromatic N) is 3. The standard InChI is InChI=1S/C23H26ClN5O2P/c1-29-10-9-15-12-20(31-2)19(11-16(15)14-29)27-23-25-13-17(24)22(28-23)26-18-7-5-6-8-21(18)32(3,4)30/h5,7-8,11-13H,9-10,14H2,1-4H3,(H2,25,26,27,28). The highest BCUT2D eigenvalue weighted by molar-refractivity contribution is 7.70. The molecule has 1 aromatic heterocycles. The van der Waals surface area contributed by atoms with Gasteiger partial charge in [-0.3, -0.25) is 0 Å². The van der Waals surface area contributed by atoms with E-state index in [1.165, 1.54) is 17.3 Å². The quantitative estimate of drug-likeness (QED) is 0.507. The van der Waals surface area contributed by atoms with Crippen molar-refractivity contribution < 1.29 is 9.30 Å². The Hall–Kier alpha value is -2.60. The minimum absolute atomic E-state index is 0.357. The highest BCUT2D eigenvalue weighted by atomic mass is 35.5. The van der Waals surface area contributed by atoms with Gasteiger partial charge < -0.3 is 24.8 Å². The van der Waals surface area contributed by atoms with Crippen LogP contribution in [0, 0.1) is 6.07 Å². The van der Waals surface area contributed by atoms with Gasteiger partial charge in [0.2, 0.25) is 5.95 Å². The maximum atomic E-state index is 12.7. The Morgan fingerprint density at radius 3 is 2.78 bits per heavy atom. The fraction of sp³-hybridized carbons (Fsp3) is 0.304. The molecule has 9 heteroatoms. The van der Waals surface area contributed by atoms with Crippen LogP contribution in [0.2, 0.25) is 5.02 Å². The lowest BCUT2D eigenvalue weighted by molar-refractivity contribution is 0.312. The van der Waals surface area contributed by atoms with Crippen molar-refractivity contribution in [3.8, 4) is 5.75 Å². The van der Waals surface area contributed by atoms with Crippen molar-refractivity contribution in [2.45, 2.75) is 13.0 Å². The molecule has 1 aliphatic rings. The molecule has 3 aromatic rings. The zero-order chi connectivity index (χ0) is 22.9. The molecule has 1 aliphatic heterocycles. The first kappa shape index (κ1) is 22.6. The van der Waals surface area contributed by atoms with Crippen molar-refractivity contribution in [1.29, 1.82) is 0 Å². The number of aromatic nitrogens is 2. The number of fused-ring (bicyclic) bond motifs is 1. The summed E-state index contributed by atoms with van der Waals surface area (Å²) >= 11 is 6.36. The lowest BCUT2D eigenvalue weighted by atomic mass is 9.99. The van der Waals surface area contributed by atoms with Gasteiger partial charge in [-0.05, 0) is 68.3 Å². The van der Waals surface area contributed by atoms with Gasteiger partial charge in [0.15, 0.2) is 5.82 Å². The molecule has 2 N–H and O–H groups in total. The molecule has 0 bridgehead atoms. The molecular weight excluding hydrogens is 445 g/mol. The van der Waals surface area contributed by atoms with Crippen LogP contribution in [-0.2, 0) is 17.5 Å². The normalized spacial score (nSPS) is 14.0. The molecular formula is C23H26ClN5O2P. The SMILES string of the molecule is COc1cc2c(cc1Nc1ncc(Cl)c(Nc3cc[c]cc3P(C)(C)=O)n1)CN(C)CC2. The Morgan fingerprint density at radius 1 is 1.22 bits per heavy atom. The fourth-order valence-corrected chi connectivity index (χ4v) is 4.96. The molecule has 167 valence electrons. The number of anilines is 4. The van der Waals surface area contributed by atoms with Crippen molar-refractivity contribution in [2.75, 3.05) is 44.7 Å². The molecule has 0 saturated carbocycles. The summed E-state index contributed by atoms with van der Waals surface area (Å²) in [6.07, 6.45) is 2.52. The van der Waals surface area contributed by atoms with E-state index in [2.05, 4.69) is 50.7 Å². The average Bonchev–Trinajstić information content (AvgIpc) is 2.75. The minimum Gasteiger partial charge on any atom is -0.495 e. The van der Waals surface area contributed by atoms with Gasteiger partial charge in [0.1, 0.15) is 17.9 Å². The molecule has 0 amide bonds. The number of hydrogen-bond acceptors (Lipinski definition) is 7. The number of rotatable bonds is 6. The Morgan fingerprint density at radius 2 is 2.03 bits per heavy atom. The van der Waals surface area contributed by atoms with Crippen molar-refractivity contribution >= 4 is 47.2 Å². The molecule has 4 rings (SSSR count). The maximum absolute atomic E-state index is 12.7. The van der Waals surface area contributed by atoms with Crippen LogP contribution >= 0.6 is 18.7 Å². The maximum Gasteiger partial charge on any atom is 0.229 e. The number of ether oxygens (including phenoxy) is 1. The van der Waals surface area contributed by atoms with E-state index in [1.54, 1.807) is 32.6 Å². The van der Waals surface area contributed by atoms with E-state index in [4.69, 9.17) is 16.3 Å². The molecule has 32 heavy (non-hydrogen) atoms. The lowest BCUT2D eigenvalue weighted by Crippen LogP contribution is -2.26. The van der Waals surface area contributed by atoms with Gasteiger partial charge in [0, 0.05) is 18.4 Å². The first-order valence-corrected chi connectivity index (χ1v) is 13.2. The van der Waals surface area contributed by atoms with Crippen molar-refractivity contribution in [2.24, 2.45) is 0 Å². The smallest absolute Gasteiger partial charge is 0.229 e. The third-order valence-corrected chi connectivity index (χ3v) is 7.20. The van der Waals surface area contributed by atoms with Gasteiger partial charge in [-0.15, -0.1) is 0 Å². The number of hydrogen-bond donors (Lipinski definition) is 2. The van der Waals surface area contributed by atoms with E-state index < -0.39 is 7.14 Å². The van der Waals surface area contributed by atoms with Gasteiger partial charge >= 0.3 is 0 Å². The predicted octanol–water partition coefficient (Wildman–Crippen LogP) is 4.66. The predicted molar refractivity (Wildman–Crippen MR) is 131 cm³/mol. The molecule has 0 aliphatic carbocycles. The van der Waals surface area contributed by atoms with Gasteiger partial charge in [-0.1, -0.05) is 17.7 Å². The number of nitrogens with one attached hydrogen (secondary N) is 2. The summed E-state index contributed by atoms with van der Waals surface area (Å²) in [4.78, 5) is 11.2. The number of methoxy groups -OCH3 is 1. The summed E-state index contributed by atoms with van der Waals surface area (Å²) in [5.41, 5.74) is 4.01. The summed E-state index contributed by atoms with van der Waals surface area (Å²) in [6.45, 7) is 5.34. The molecule has 1 radical (unpaired) electrons. The van der Waals surface area contributed by atoms with E-state index in [0.717, 1.165) is 30.9 Å². The molecule has 7 nitrogen and oxygen atoms in total. The third-order valence-electron chi connectivity index (χ3n) is 5.39. The summed E-state index contributed by atoms with van der Waals surface area (Å²) in [6, 6.07) is 12.4. The Labute approximate surface area is 193 Å². The van der Waals surface area contributed by atoms with Crippen LogP contribution in [0.25, 0.3) is 0 Å². The summed E-state index contributed by atoms with van der Waals surface area (Å²) in [5.74, 6) is 1.53. The van der Waals surface area contributed by atoms with Crippen LogP contribution in [0.15, 0.2) is 36.5 Å². The fourth-order valence-electron chi connectivity index (χ4n) is 3.73. The molecule has 2 heterocycles. The first-order valence-electron chi connectivity index (χ1n) is 10.2. The summed E-state index contributed by atoms with van der Waals surface area (Å²) in [7, 11) is 1.25. The highest BCUT2D eigenvalue weighted by Crippen LogP contribution is 2.39. The van der Waals surface area contributed by atoms with Crippen LogP contribution in [0.5, 0.6) is 5.75 Å². The van der Waals surface area contributed by atoms with Crippen LogP contribution in [0.3, 0.4) is 0 Å². The third kappa shape index (κ3) is 4.90. The molecule has 0 spiro atoms. The van der Waals surface area contributed by atoms with Crippen molar-refractivity contribution in [3.63, 3.8) is 0 Å². The Bertz CT molecular complexity index is 1200. The van der Waals surface area contributed by atoms with Crippen LogP contribution in [0.4, 0.5) is 23.1 Å². The van der Waals surface area contributed by atoms with Gasteiger partial charge in [0.05, 0.1) is 24.7 Å². The van der Waals surface area contributed by atoms with Crippen LogP contribution < -0.4 is 20.7 Å². The van der Waals surface area contributed by atoms with Gasteiger partial charge in [-0.2, -0.15) is 4.98 Å². The number of halogens is 1. The molecule has 0 unspecified atom stereocenters. The average molecular weight is 471 g/mol.